The largest absolute Gasteiger partial charge is 0.418 e. The number of alkyl halides is 3. The lowest BCUT2D eigenvalue weighted by Crippen LogP contribution is -2.33. The fraction of sp³-hybridized carbons (Fsp3) is 0.188. The summed E-state index contributed by atoms with van der Waals surface area (Å²) >= 11 is 0. The third-order valence-electron chi connectivity index (χ3n) is 3.40. The van der Waals surface area contributed by atoms with Crippen molar-refractivity contribution in [3.05, 3.63) is 60.2 Å². The molecule has 0 aliphatic carbocycles. The predicted octanol–water partition coefficient (Wildman–Crippen LogP) is 3.51. The Morgan fingerprint density at radius 3 is 2.12 bits per heavy atom. The highest BCUT2D eigenvalue weighted by Gasteiger charge is 2.35. The molecule has 1 amide bonds. The van der Waals surface area contributed by atoms with Crippen LogP contribution < -0.4 is 5.32 Å². The molecule has 0 saturated heterocycles. The Balaban J connectivity index is 2.28. The molecule has 0 bridgehead atoms. The third-order valence-corrected chi connectivity index (χ3v) is 5.47. The number of benzene rings is 2. The van der Waals surface area contributed by atoms with Gasteiger partial charge in [-0.3, -0.25) is 4.79 Å². The lowest BCUT2D eigenvalue weighted by Gasteiger charge is -2.16. The first kappa shape index (κ1) is 18.0. The van der Waals surface area contributed by atoms with E-state index < -0.39 is 38.4 Å². The molecule has 0 spiro atoms. The summed E-state index contributed by atoms with van der Waals surface area (Å²) in [6.07, 6.45) is -4.66. The molecule has 0 aliphatic heterocycles. The molecule has 2 aromatic carbocycles. The van der Waals surface area contributed by atoms with Crippen LogP contribution >= 0.6 is 0 Å². The van der Waals surface area contributed by atoms with E-state index in [1.807, 2.05) is 0 Å². The third kappa shape index (κ3) is 3.76. The summed E-state index contributed by atoms with van der Waals surface area (Å²) in [6, 6.07) is 11.6. The highest BCUT2D eigenvalue weighted by atomic mass is 32.2. The number of para-hydroxylation sites is 1. The Bertz CT molecular complexity index is 833. The minimum absolute atomic E-state index is 0.0724. The minimum Gasteiger partial charge on any atom is -0.324 e. The van der Waals surface area contributed by atoms with Crippen molar-refractivity contribution in [1.82, 2.24) is 0 Å². The van der Waals surface area contributed by atoms with Crippen molar-refractivity contribution >= 4 is 21.4 Å². The van der Waals surface area contributed by atoms with Gasteiger partial charge in [-0.2, -0.15) is 13.2 Å². The standard InChI is InChI=1S/C16H14F3NO3S/c1-11(24(22,23)12-7-3-2-4-8-12)15(21)20-14-10-6-5-9-13(14)16(17,18)19/h2-11H,1H3,(H,20,21). The van der Waals surface area contributed by atoms with Crippen LogP contribution in [0.1, 0.15) is 12.5 Å². The highest BCUT2D eigenvalue weighted by Crippen LogP contribution is 2.34. The molecular formula is C16H14F3NO3S. The molecule has 0 fully saturated rings. The van der Waals surface area contributed by atoms with E-state index in [1.54, 1.807) is 6.07 Å². The van der Waals surface area contributed by atoms with Crippen LogP contribution in [0, 0.1) is 0 Å². The van der Waals surface area contributed by atoms with Crippen LogP contribution in [0.25, 0.3) is 0 Å². The number of anilines is 1. The van der Waals surface area contributed by atoms with Crippen LogP contribution in [0.3, 0.4) is 0 Å². The fourth-order valence-electron chi connectivity index (χ4n) is 2.03. The number of halogens is 3. The molecule has 0 heterocycles. The molecule has 0 aromatic heterocycles. The molecule has 8 heteroatoms. The summed E-state index contributed by atoms with van der Waals surface area (Å²) in [4.78, 5) is 12.1. The summed E-state index contributed by atoms with van der Waals surface area (Å²) < 4.78 is 63.5. The summed E-state index contributed by atoms with van der Waals surface area (Å²) in [6.45, 7) is 1.13. The summed E-state index contributed by atoms with van der Waals surface area (Å²) in [7, 11) is -4.00. The van der Waals surface area contributed by atoms with Gasteiger partial charge in [-0.1, -0.05) is 30.3 Å². The van der Waals surface area contributed by atoms with Crippen molar-refractivity contribution in [2.45, 2.75) is 23.2 Å². The average molecular weight is 357 g/mol. The maximum Gasteiger partial charge on any atom is 0.418 e. The van der Waals surface area contributed by atoms with Gasteiger partial charge in [0, 0.05) is 0 Å². The molecule has 0 radical (unpaired) electrons. The second kappa shape index (κ2) is 6.64. The van der Waals surface area contributed by atoms with Crippen molar-refractivity contribution in [3.63, 3.8) is 0 Å². The molecule has 1 N–H and O–H groups in total. The van der Waals surface area contributed by atoms with E-state index in [0.29, 0.717) is 0 Å². The number of carbonyl (C=O) groups is 1. The number of hydrogen-bond donors (Lipinski definition) is 1. The second-order valence-corrected chi connectivity index (χ2v) is 7.30. The van der Waals surface area contributed by atoms with Gasteiger partial charge in [-0.15, -0.1) is 0 Å². The van der Waals surface area contributed by atoms with Crippen LogP contribution in [0.5, 0.6) is 0 Å². The van der Waals surface area contributed by atoms with E-state index in [-0.39, 0.29) is 4.90 Å². The molecule has 4 nitrogen and oxygen atoms in total. The van der Waals surface area contributed by atoms with Gasteiger partial charge in [-0.25, -0.2) is 8.42 Å². The molecule has 24 heavy (non-hydrogen) atoms. The molecule has 2 aromatic rings. The molecule has 1 atom stereocenters. The first-order valence-electron chi connectivity index (χ1n) is 6.90. The summed E-state index contributed by atoms with van der Waals surface area (Å²) in [5, 5.41) is 0.514. The second-order valence-electron chi connectivity index (χ2n) is 5.03. The molecule has 1 unspecified atom stereocenters. The molecule has 0 aliphatic rings. The number of amides is 1. The van der Waals surface area contributed by atoms with Gasteiger partial charge < -0.3 is 5.32 Å². The predicted molar refractivity (Wildman–Crippen MR) is 83.2 cm³/mol. The van der Waals surface area contributed by atoms with Crippen molar-refractivity contribution in [2.75, 3.05) is 5.32 Å². The van der Waals surface area contributed by atoms with E-state index in [2.05, 4.69) is 5.32 Å². The van der Waals surface area contributed by atoms with Crippen molar-refractivity contribution in [1.29, 1.82) is 0 Å². The quantitative estimate of drug-likeness (QED) is 0.911. The zero-order valence-corrected chi connectivity index (χ0v) is 13.4. The van der Waals surface area contributed by atoms with Gasteiger partial charge >= 0.3 is 6.18 Å². The zero-order valence-electron chi connectivity index (χ0n) is 12.5. The number of hydrogen-bond acceptors (Lipinski definition) is 3. The Morgan fingerprint density at radius 2 is 1.54 bits per heavy atom. The van der Waals surface area contributed by atoms with Crippen LogP contribution in [-0.4, -0.2) is 19.6 Å². The van der Waals surface area contributed by atoms with Gasteiger partial charge in [0.25, 0.3) is 0 Å². The van der Waals surface area contributed by atoms with Gasteiger partial charge in [0.2, 0.25) is 5.91 Å². The normalized spacial score (nSPS) is 13.3. The molecular weight excluding hydrogens is 343 g/mol. The average Bonchev–Trinajstić information content (AvgIpc) is 2.54. The Morgan fingerprint density at radius 1 is 1.00 bits per heavy atom. The lowest BCUT2D eigenvalue weighted by atomic mass is 10.1. The molecule has 128 valence electrons. The first-order valence-corrected chi connectivity index (χ1v) is 8.44. The maximum atomic E-state index is 12.9. The minimum atomic E-state index is -4.66. The number of nitrogens with one attached hydrogen (secondary N) is 1. The smallest absolute Gasteiger partial charge is 0.324 e. The summed E-state index contributed by atoms with van der Waals surface area (Å²) in [5.41, 5.74) is -1.52. The molecule has 0 saturated carbocycles. The fourth-order valence-corrected chi connectivity index (χ4v) is 3.31. The van der Waals surface area contributed by atoms with Crippen molar-refractivity contribution < 1.29 is 26.4 Å². The van der Waals surface area contributed by atoms with Gasteiger partial charge in [0.05, 0.1) is 16.1 Å². The summed E-state index contributed by atoms with van der Waals surface area (Å²) in [5.74, 6) is -1.03. The van der Waals surface area contributed by atoms with Crippen LogP contribution in [-0.2, 0) is 20.8 Å². The molecule has 2 rings (SSSR count). The van der Waals surface area contributed by atoms with E-state index in [1.165, 1.54) is 36.4 Å². The number of rotatable bonds is 4. The number of carbonyl (C=O) groups excluding carboxylic acids is 1. The van der Waals surface area contributed by atoms with Crippen LogP contribution in [0.4, 0.5) is 18.9 Å². The van der Waals surface area contributed by atoms with E-state index in [0.717, 1.165) is 19.1 Å². The monoisotopic (exact) mass is 357 g/mol. The van der Waals surface area contributed by atoms with Crippen molar-refractivity contribution in [2.24, 2.45) is 0 Å². The highest BCUT2D eigenvalue weighted by molar-refractivity contribution is 7.92. The van der Waals surface area contributed by atoms with E-state index in [9.17, 15) is 26.4 Å². The zero-order chi connectivity index (χ0) is 18.0. The number of sulfone groups is 1. The Hall–Kier alpha value is -2.35. The Kier molecular flexibility index (Phi) is 4.98. The Labute approximate surface area is 137 Å². The van der Waals surface area contributed by atoms with Gasteiger partial charge in [0.1, 0.15) is 5.25 Å². The first-order chi connectivity index (χ1) is 11.1. The SMILES string of the molecule is CC(C(=O)Nc1ccccc1C(F)(F)F)S(=O)(=O)c1ccccc1. The van der Waals surface area contributed by atoms with E-state index in [4.69, 9.17) is 0 Å². The topological polar surface area (TPSA) is 63.2 Å². The van der Waals surface area contributed by atoms with Crippen molar-refractivity contribution in [3.8, 4) is 0 Å². The van der Waals surface area contributed by atoms with E-state index >= 15 is 0 Å². The van der Waals surface area contributed by atoms with Gasteiger partial charge in [0.15, 0.2) is 9.84 Å². The lowest BCUT2D eigenvalue weighted by molar-refractivity contribution is -0.137. The maximum absolute atomic E-state index is 12.9. The van der Waals surface area contributed by atoms with Gasteiger partial charge in [-0.05, 0) is 31.2 Å². The van der Waals surface area contributed by atoms with Crippen LogP contribution in [0.15, 0.2) is 59.5 Å². The van der Waals surface area contributed by atoms with Crippen LogP contribution in [0.2, 0.25) is 0 Å².